The molecule has 8 heteroatoms. The smallest absolute Gasteiger partial charge is 0.321 e. The lowest BCUT2D eigenvalue weighted by Gasteiger charge is -2.34. The van der Waals surface area contributed by atoms with Gasteiger partial charge in [0.05, 0.1) is 18.3 Å². The standard InChI is InChI=1S/C20H23N5O3/c1-14-11-17(23-28-14)13-24-7-9-25(10-8-24)20(26)21-16-4-5-18-15(12-16)3-6-19(22-18)27-2/h3-6,11-12H,7-10,13H2,1-2H3,(H,21,26). The van der Waals surface area contributed by atoms with Crippen LogP contribution < -0.4 is 10.1 Å². The average Bonchev–Trinajstić information content (AvgIpc) is 3.12. The number of nitrogens with zero attached hydrogens (tertiary/aromatic N) is 4. The van der Waals surface area contributed by atoms with E-state index in [1.807, 2.05) is 48.2 Å². The second-order valence-electron chi connectivity index (χ2n) is 6.88. The van der Waals surface area contributed by atoms with Crippen molar-refractivity contribution in [3.05, 3.63) is 47.9 Å². The van der Waals surface area contributed by atoms with Gasteiger partial charge in [0.2, 0.25) is 5.88 Å². The van der Waals surface area contributed by atoms with E-state index in [9.17, 15) is 4.79 Å². The van der Waals surface area contributed by atoms with Crippen LogP contribution in [0.3, 0.4) is 0 Å². The number of hydrogen-bond donors (Lipinski definition) is 1. The van der Waals surface area contributed by atoms with Crippen molar-refractivity contribution in [1.82, 2.24) is 19.9 Å². The minimum Gasteiger partial charge on any atom is -0.481 e. The number of pyridine rings is 1. The van der Waals surface area contributed by atoms with E-state index >= 15 is 0 Å². The monoisotopic (exact) mass is 381 g/mol. The molecule has 1 aliphatic rings. The molecule has 3 aromatic rings. The highest BCUT2D eigenvalue weighted by molar-refractivity contribution is 5.92. The number of nitrogens with one attached hydrogen (secondary N) is 1. The number of amides is 2. The summed E-state index contributed by atoms with van der Waals surface area (Å²) in [6.45, 7) is 5.59. The van der Waals surface area contributed by atoms with Crippen LogP contribution in [0.15, 0.2) is 40.9 Å². The van der Waals surface area contributed by atoms with E-state index in [1.54, 1.807) is 7.11 Å². The van der Waals surface area contributed by atoms with E-state index in [1.165, 1.54) is 0 Å². The number of benzene rings is 1. The van der Waals surface area contributed by atoms with Crippen LogP contribution in [-0.2, 0) is 6.54 Å². The zero-order valence-electron chi connectivity index (χ0n) is 16.0. The minimum absolute atomic E-state index is 0.0854. The van der Waals surface area contributed by atoms with Gasteiger partial charge in [-0.05, 0) is 31.2 Å². The molecule has 0 unspecified atom stereocenters. The first-order valence-electron chi connectivity index (χ1n) is 9.26. The van der Waals surface area contributed by atoms with Gasteiger partial charge in [-0.1, -0.05) is 5.16 Å². The predicted octanol–water partition coefficient (Wildman–Crippen LogP) is 2.89. The van der Waals surface area contributed by atoms with Crippen molar-refractivity contribution in [2.24, 2.45) is 0 Å². The number of rotatable bonds is 4. The topological polar surface area (TPSA) is 83.7 Å². The summed E-state index contributed by atoms with van der Waals surface area (Å²) in [5.74, 6) is 1.39. The normalized spacial score (nSPS) is 15.0. The van der Waals surface area contributed by atoms with E-state index in [4.69, 9.17) is 9.26 Å². The molecular formula is C20H23N5O3. The molecule has 0 bridgehead atoms. The first-order chi connectivity index (χ1) is 13.6. The maximum atomic E-state index is 12.6. The Balaban J connectivity index is 1.33. The van der Waals surface area contributed by atoms with Gasteiger partial charge in [-0.3, -0.25) is 4.90 Å². The Labute approximate surface area is 163 Å². The van der Waals surface area contributed by atoms with Crippen molar-refractivity contribution in [2.45, 2.75) is 13.5 Å². The van der Waals surface area contributed by atoms with Gasteiger partial charge in [-0.15, -0.1) is 0 Å². The van der Waals surface area contributed by atoms with Crippen LogP contribution in [0.4, 0.5) is 10.5 Å². The molecule has 0 saturated carbocycles. The van der Waals surface area contributed by atoms with Gasteiger partial charge in [0.25, 0.3) is 0 Å². The van der Waals surface area contributed by atoms with E-state index in [0.29, 0.717) is 19.0 Å². The lowest BCUT2D eigenvalue weighted by atomic mass is 10.2. The summed E-state index contributed by atoms with van der Waals surface area (Å²) in [7, 11) is 1.59. The summed E-state index contributed by atoms with van der Waals surface area (Å²) in [6.07, 6.45) is 0. The Morgan fingerprint density at radius 2 is 2.00 bits per heavy atom. The molecule has 0 radical (unpaired) electrons. The van der Waals surface area contributed by atoms with Crippen LogP contribution in [-0.4, -0.2) is 59.3 Å². The van der Waals surface area contributed by atoms with Crippen LogP contribution in [0.2, 0.25) is 0 Å². The Hall–Kier alpha value is -3.13. The van der Waals surface area contributed by atoms with E-state index in [2.05, 4.69) is 20.4 Å². The molecule has 0 spiro atoms. The van der Waals surface area contributed by atoms with E-state index in [-0.39, 0.29) is 6.03 Å². The van der Waals surface area contributed by atoms with Gasteiger partial charge in [-0.2, -0.15) is 0 Å². The number of urea groups is 1. The Kier molecular flexibility index (Phi) is 5.12. The summed E-state index contributed by atoms with van der Waals surface area (Å²) in [4.78, 5) is 21.1. The highest BCUT2D eigenvalue weighted by atomic mass is 16.5. The van der Waals surface area contributed by atoms with Crippen molar-refractivity contribution in [2.75, 3.05) is 38.6 Å². The molecule has 1 fully saturated rings. The molecule has 146 valence electrons. The number of aromatic nitrogens is 2. The van der Waals surface area contributed by atoms with Gasteiger partial charge in [0.15, 0.2) is 0 Å². The molecule has 8 nitrogen and oxygen atoms in total. The first kappa shape index (κ1) is 18.2. The van der Waals surface area contributed by atoms with Gasteiger partial charge in [0.1, 0.15) is 5.76 Å². The number of methoxy groups -OCH3 is 1. The molecule has 1 aliphatic heterocycles. The van der Waals surface area contributed by atoms with E-state index < -0.39 is 0 Å². The van der Waals surface area contributed by atoms with Crippen LogP contribution in [0.1, 0.15) is 11.5 Å². The zero-order chi connectivity index (χ0) is 19.5. The molecule has 1 N–H and O–H groups in total. The SMILES string of the molecule is COc1ccc2cc(NC(=O)N3CCN(Cc4cc(C)on4)CC3)ccc2n1. The number of carbonyl (C=O) groups is 1. The number of hydrogen-bond acceptors (Lipinski definition) is 6. The lowest BCUT2D eigenvalue weighted by molar-refractivity contribution is 0.141. The Bertz CT molecular complexity index is 979. The maximum absolute atomic E-state index is 12.6. The Morgan fingerprint density at radius 3 is 2.71 bits per heavy atom. The van der Waals surface area contributed by atoms with Gasteiger partial charge >= 0.3 is 6.03 Å². The van der Waals surface area contributed by atoms with Crippen molar-refractivity contribution in [1.29, 1.82) is 0 Å². The molecule has 4 rings (SSSR count). The second kappa shape index (κ2) is 7.85. The summed E-state index contributed by atoms with van der Waals surface area (Å²) in [5, 5.41) is 7.97. The predicted molar refractivity (Wildman–Crippen MR) is 105 cm³/mol. The molecular weight excluding hydrogens is 358 g/mol. The third kappa shape index (κ3) is 4.07. The van der Waals surface area contributed by atoms with Crippen LogP contribution in [0.25, 0.3) is 10.9 Å². The maximum Gasteiger partial charge on any atom is 0.321 e. The molecule has 2 amide bonds. The summed E-state index contributed by atoms with van der Waals surface area (Å²) in [6, 6.07) is 11.3. The third-order valence-electron chi connectivity index (χ3n) is 4.85. The lowest BCUT2D eigenvalue weighted by Crippen LogP contribution is -2.49. The van der Waals surface area contributed by atoms with Crippen LogP contribution >= 0.6 is 0 Å². The fourth-order valence-electron chi connectivity index (χ4n) is 3.33. The number of piperazine rings is 1. The Morgan fingerprint density at radius 1 is 1.18 bits per heavy atom. The number of aryl methyl sites for hydroxylation is 1. The zero-order valence-corrected chi connectivity index (χ0v) is 16.0. The van der Waals surface area contributed by atoms with Crippen LogP contribution in [0, 0.1) is 6.92 Å². The highest BCUT2D eigenvalue weighted by Crippen LogP contribution is 2.21. The van der Waals surface area contributed by atoms with Crippen molar-refractivity contribution in [3.63, 3.8) is 0 Å². The third-order valence-corrected chi connectivity index (χ3v) is 4.85. The highest BCUT2D eigenvalue weighted by Gasteiger charge is 2.22. The number of carbonyl (C=O) groups excluding carboxylic acids is 1. The fraction of sp³-hybridized carbons (Fsp3) is 0.350. The molecule has 0 atom stereocenters. The van der Waals surface area contributed by atoms with Gasteiger partial charge in [-0.25, -0.2) is 9.78 Å². The van der Waals surface area contributed by atoms with E-state index in [0.717, 1.165) is 47.7 Å². The minimum atomic E-state index is -0.0854. The number of anilines is 1. The second-order valence-corrected chi connectivity index (χ2v) is 6.88. The largest absolute Gasteiger partial charge is 0.481 e. The number of ether oxygens (including phenoxy) is 1. The van der Waals surface area contributed by atoms with Crippen molar-refractivity contribution >= 4 is 22.6 Å². The number of fused-ring (bicyclic) bond motifs is 1. The molecule has 1 saturated heterocycles. The quantitative estimate of drug-likeness (QED) is 0.748. The van der Waals surface area contributed by atoms with Gasteiger partial charge in [0, 0.05) is 55.9 Å². The van der Waals surface area contributed by atoms with Crippen molar-refractivity contribution in [3.8, 4) is 5.88 Å². The summed E-state index contributed by atoms with van der Waals surface area (Å²) >= 11 is 0. The molecule has 1 aromatic carbocycles. The van der Waals surface area contributed by atoms with Gasteiger partial charge < -0.3 is 19.5 Å². The summed E-state index contributed by atoms with van der Waals surface area (Å²) in [5.41, 5.74) is 2.51. The molecule has 3 heterocycles. The average molecular weight is 381 g/mol. The van der Waals surface area contributed by atoms with Crippen molar-refractivity contribution < 1.29 is 14.1 Å². The summed E-state index contributed by atoms with van der Waals surface area (Å²) < 4.78 is 10.3. The fourth-order valence-corrected chi connectivity index (χ4v) is 3.33. The van der Waals surface area contributed by atoms with Crippen LogP contribution in [0.5, 0.6) is 5.88 Å². The molecule has 28 heavy (non-hydrogen) atoms. The molecule has 0 aliphatic carbocycles. The molecule has 2 aromatic heterocycles. The first-order valence-corrected chi connectivity index (χ1v) is 9.26.